The second kappa shape index (κ2) is 17.6. The van der Waals surface area contributed by atoms with Crippen molar-refractivity contribution in [2.45, 2.75) is 68.3 Å². The summed E-state index contributed by atoms with van der Waals surface area (Å²) in [6.07, 6.45) is 6.00. The molecule has 65 heavy (non-hydrogen) atoms. The largest absolute Gasteiger partial charge is 0.493 e. The van der Waals surface area contributed by atoms with Gasteiger partial charge in [0, 0.05) is 29.9 Å². The smallest absolute Gasteiger partial charge is 0.324 e. The maximum Gasteiger partial charge on any atom is 0.324 e. The van der Waals surface area contributed by atoms with E-state index in [2.05, 4.69) is 28.1 Å². The van der Waals surface area contributed by atoms with Gasteiger partial charge in [-0.1, -0.05) is 96.8 Å². The number of anilines is 1. The van der Waals surface area contributed by atoms with Crippen molar-refractivity contribution in [2.24, 2.45) is 5.92 Å². The van der Waals surface area contributed by atoms with E-state index >= 15 is 14.4 Å². The number of hydrogen-bond donors (Lipinski definition) is 2. The van der Waals surface area contributed by atoms with Gasteiger partial charge in [0.15, 0.2) is 11.5 Å². The number of allylic oxidation sites excluding steroid dienone is 2. The van der Waals surface area contributed by atoms with Crippen molar-refractivity contribution in [3.05, 3.63) is 166 Å². The number of esters is 1. The van der Waals surface area contributed by atoms with Crippen LogP contribution in [0.1, 0.15) is 82.8 Å². The average molecular weight is 870 g/mol. The molecule has 0 radical (unpaired) electrons. The molecule has 4 heterocycles. The summed E-state index contributed by atoms with van der Waals surface area (Å²) >= 11 is 0. The highest BCUT2D eigenvalue weighted by molar-refractivity contribution is 6.12. The van der Waals surface area contributed by atoms with Crippen molar-refractivity contribution in [1.29, 1.82) is 0 Å². The second-order valence-electron chi connectivity index (χ2n) is 17.3. The van der Waals surface area contributed by atoms with Crippen molar-refractivity contribution in [1.82, 2.24) is 9.80 Å². The molecule has 0 aromatic heterocycles. The van der Waals surface area contributed by atoms with Crippen LogP contribution in [0.3, 0.4) is 0 Å². The van der Waals surface area contributed by atoms with Crippen molar-refractivity contribution in [2.75, 3.05) is 39.3 Å². The van der Waals surface area contributed by atoms with E-state index in [9.17, 15) is 5.11 Å². The summed E-state index contributed by atoms with van der Waals surface area (Å²) in [5.74, 6) is 5.70. The molecule has 2 N–H and O–H groups in total. The quantitative estimate of drug-likeness (QED) is 0.113. The summed E-state index contributed by atoms with van der Waals surface area (Å²) in [6, 6.07) is 33.6. The molecule has 0 bridgehead atoms. The van der Waals surface area contributed by atoms with Gasteiger partial charge in [-0.05, 0) is 102 Å². The van der Waals surface area contributed by atoms with Gasteiger partial charge in [0.25, 0.3) is 0 Å². The van der Waals surface area contributed by atoms with Crippen molar-refractivity contribution < 1.29 is 38.4 Å². The van der Waals surface area contributed by atoms with E-state index in [0.29, 0.717) is 52.6 Å². The lowest BCUT2D eigenvalue weighted by Crippen LogP contribution is -2.56. The molecule has 1 aliphatic carbocycles. The first-order valence-electron chi connectivity index (χ1n) is 22.5. The van der Waals surface area contributed by atoms with Crippen LogP contribution in [0.25, 0.3) is 0 Å². The molecule has 2 fully saturated rings. The number of nitrogens with one attached hydrogen (secondary N) is 1. The third-order valence-electron chi connectivity index (χ3n) is 13.8. The number of fused-ring (bicyclic) bond motifs is 4. The van der Waals surface area contributed by atoms with Crippen LogP contribution in [0.5, 0.6) is 17.2 Å². The number of methoxy groups -OCH3 is 2. The Bertz CT molecular complexity index is 2740. The molecule has 6 atom stereocenters. The predicted molar refractivity (Wildman–Crippen MR) is 244 cm³/mol. The minimum absolute atomic E-state index is 0.0148. The molecule has 2 amide bonds. The molecule has 10 rings (SSSR count). The Hall–Kier alpha value is -6.87. The summed E-state index contributed by atoms with van der Waals surface area (Å²) < 4.78 is 24.3. The van der Waals surface area contributed by atoms with Crippen molar-refractivity contribution in [3.8, 4) is 29.1 Å². The van der Waals surface area contributed by atoms with E-state index in [1.807, 2.05) is 115 Å². The van der Waals surface area contributed by atoms with Gasteiger partial charge in [-0.25, -0.2) is 0 Å². The van der Waals surface area contributed by atoms with Crippen LogP contribution in [0, 0.1) is 17.8 Å². The predicted octanol–water partition coefficient (Wildman–Crippen LogP) is 7.78. The van der Waals surface area contributed by atoms with Gasteiger partial charge in [-0.3, -0.25) is 19.3 Å². The Morgan fingerprint density at radius 3 is 2.26 bits per heavy atom. The summed E-state index contributed by atoms with van der Waals surface area (Å²) in [6.45, 7) is 0.286. The number of para-hydroxylation sites is 1. The molecule has 5 aromatic carbocycles. The molecule has 11 nitrogen and oxygen atoms in total. The zero-order valence-electron chi connectivity index (χ0n) is 36.5. The number of hydrogen-bond acceptors (Lipinski definition) is 9. The number of carbonyl (C=O) groups excluding carboxylic acids is 3. The topological polar surface area (TPSA) is 127 Å². The minimum Gasteiger partial charge on any atom is -0.493 e. The van der Waals surface area contributed by atoms with Crippen LogP contribution in [0.4, 0.5) is 5.69 Å². The summed E-state index contributed by atoms with van der Waals surface area (Å²) in [5.41, 5.74) is 5.26. The second-order valence-corrected chi connectivity index (χ2v) is 17.3. The van der Waals surface area contributed by atoms with E-state index in [-0.39, 0.29) is 25.7 Å². The zero-order chi connectivity index (χ0) is 44.7. The highest BCUT2D eigenvalue weighted by Crippen LogP contribution is 2.66. The number of ether oxygens (including phenoxy) is 4. The number of morpholine rings is 1. The maximum atomic E-state index is 16.2. The van der Waals surface area contributed by atoms with E-state index in [1.165, 1.54) is 0 Å². The Labute approximate surface area is 379 Å². The highest BCUT2D eigenvalue weighted by atomic mass is 16.6. The fraction of sp³-hybridized carbons (Fsp3) is 0.315. The molecular weight excluding hydrogens is 819 g/mol. The van der Waals surface area contributed by atoms with Crippen LogP contribution in [-0.2, 0) is 37.5 Å². The van der Waals surface area contributed by atoms with Gasteiger partial charge in [0.2, 0.25) is 11.8 Å². The molecule has 330 valence electrons. The summed E-state index contributed by atoms with van der Waals surface area (Å²) in [5, 5.41) is 13.3. The number of aliphatic hydroxyl groups excluding tert-OH is 1. The number of nitrogens with zero attached hydrogens (tertiary/aromatic N) is 2. The first-order valence-corrected chi connectivity index (χ1v) is 22.5. The Kier molecular flexibility index (Phi) is 11.4. The summed E-state index contributed by atoms with van der Waals surface area (Å²) in [7, 11) is 3.18. The van der Waals surface area contributed by atoms with Crippen LogP contribution in [0.15, 0.2) is 127 Å². The molecule has 0 saturated carbocycles. The molecule has 0 unspecified atom stereocenters. The lowest BCUT2D eigenvalue weighted by molar-refractivity contribution is -0.179. The van der Waals surface area contributed by atoms with E-state index in [4.69, 9.17) is 18.9 Å². The monoisotopic (exact) mass is 869 g/mol. The molecular formula is C54H51N3O8. The number of carbonyl (C=O) groups is 3. The van der Waals surface area contributed by atoms with Gasteiger partial charge < -0.3 is 34.3 Å². The van der Waals surface area contributed by atoms with E-state index in [0.717, 1.165) is 53.5 Å². The Morgan fingerprint density at radius 1 is 0.815 bits per heavy atom. The third kappa shape index (κ3) is 7.22. The number of cyclic esters (lactones) is 1. The SMILES string of the molecule is COc1cc2c(cc1OC)CN(C(=O)[C@@H]1[C@H]3C(=O)O[C@H](c4ccccc4)[C@H](c4ccccc4)N3[C@H](c3ccccc3OCCO)[C@@]13C(=O)Nc1ccc(C#CC4=CCCCC4)cc13)CC2. The standard InChI is InChI=1S/C54H51N3O8/c1-62-44-31-38-26-27-56(33-39(38)32-45(44)63-2)51(59)46-48-52(60)65-49(37-18-10-5-11-19-37)47(36-16-8-4-9-17-36)57(48)50(40-20-12-13-21-43(40)64-29-28-58)54(46)41-30-35(24-25-42(41)55-53(54)61)23-22-34-14-6-3-7-15-34/h4-5,8-14,16-21,24-25,30-32,46-50,58H,3,6-7,15,26-29,33H2,1-2H3,(H,55,61)/t46-,47-,48-,49+,50+,54-/m0/s1. The number of amides is 2. The number of rotatable bonds is 9. The first-order chi connectivity index (χ1) is 31.8. The van der Waals surface area contributed by atoms with Gasteiger partial charge >= 0.3 is 5.97 Å². The molecule has 1 spiro atoms. The van der Waals surface area contributed by atoms with Crippen molar-refractivity contribution >= 4 is 23.5 Å². The first kappa shape index (κ1) is 42.1. The van der Waals surface area contributed by atoms with Gasteiger partial charge in [0.1, 0.15) is 29.9 Å². The van der Waals surface area contributed by atoms with Crippen molar-refractivity contribution in [3.63, 3.8) is 0 Å². The molecule has 5 aliphatic rings. The molecule has 11 heteroatoms. The van der Waals surface area contributed by atoms with Crippen LogP contribution < -0.4 is 19.5 Å². The number of benzene rings is 5. The maximum absolute atomic E-state index is 16.2. The van der Waals surface area contributed by atoms with E-state index < -0.39 is 47.4 Å². The van der Waals surface area contributed by atoms with Crippen LogP contribution in [-0.4, -0.2) is 72.7 Å². The van der Waals surface area contributed by atoms with Crippen LogP contribution in [0.2, 0.25) is 0 Å². The van der Waals surface area contributed by atoms with Crippen LogP contribution >= 0.6 is 0 Å². The zero-order valence-corrected chi connectivity index (χ0v) is 36.5. The minimum atomic E-state index is -1.73. The molecule has 2 saturated heterocycles. The van der Waals surface area contributed by atoms with Gasteiger partial charge in [-0.15, -0.1) is 0 Å². The summed E-state index contributed by atoms with van der Waals surface area (Å²) in [4.78, 5) is 51.3. The van der Waals surface area contributed by atoms with Gasteiger partial charge in [-0.2, -0.15) is 0 Å². The molecule has 5 aromatic rings. The van der Waals surface area contributed by atoms with Gasteiger partial charge in [0.05, 0.1) is 38.8 Å². The normalized spacial score (nSPS) is 24.4. The van der Waals surface area contributed by atoms with E-state index in [1.54, 1.807) is 19.1 Å². The fourth-order valence-corrected chi connectivity index (χ4v) is 11.0. The third-order valence-corrected chi connectivity index (χ3v) is 13.8. The Morgan fingerprint density at radius 2 is 1.54 bits per heavy atom. The average Bonchev–Trinajstić information content (AvgIpc) is 3.83. The number of aliphatic hydroxyl groups is 1. The fourth-order valence-electron chi connectivity index (χ4n) is 11.0. The molecule has 4 aliphatic heterocycles. The Balaban J connectivity index is 1.24. The lowest BCUT2D eigenvalue weighted by atomic mass is 9.64. The lowest BCUT2D eigenvalue weighted by Gasteiger charge is -2.46. The highest BCUT2D eigenvalue weighted by Gasteiger charge is 2.74.